The van der Waals surface area contributed by atoms with Crippen molar-refractivity contribution in [2.75, 3.05) is 0 Å². The Kier molecular flexibility index (Phi) is 3.50. The number of hydrogen-bond acceptors (Lipinski definition) is 4. The largest absolute Gasteiger partial charge is 0.332 e. The van der Waals surface area contributed by atoms with Gasteiger partial charge in [-0.3, -0.25) is 13.9 Å². The predicted octanol–water partition coefficient (Wildman–Crippen LogP) is 2.00. The van der Waals surface area contributed by atoms with Crippen LogP contribution >= 0.6 is 23.2 Å². The first-order valence-corrected chi connectivity index (χ1v) is 7.04. The lowest BCUT2D eigenvalue weighted by Gasteiger charge is -2.08. The van der Waals surface area contributed by atoms with Crippen molar-refractivity contribution in [3.05, 3.63) is 55.3 Å². The number of nitrogens with zero attached hydrogens (tertiary/aromatic N) is 4. The summed E-state index contributed by atoms with van der Waals surface area (Å²) >= 11 is 11.9. The maximum Gasteiger partial charge on any atom is 0.332 e. The Balaban J connectivity index is 2.33. The van der Waals surface area contributed by atoms with Gasteiger partial charge in [0, 0.05) is 19.7 Å². The molecule has 0 aliphatic carbocycles. The number of benzene rings is 1. The van der Waals surface area contributed by atoms with Gasteiger partial charge in [-0.05, 0) is 12.1 Å². The average Bonchev–Trinajstić information content (AvgIpc) is 2.53. The number of aromatic nitrogens is 4. The summed E-state index contributed by atoms with van der Waals surface area (Å²) in [6, 6.07) is 5.02. The van der Waals surface area contributed by atoms with Gasteiger partial charge in [0.25, 0.3) is 5.56 Å². The lowest BCUT2D eigenvalue weighted by Crippen LogP contribution is -2.37. The fourth-order valence-electron chi connectivity index (χ4n) is 2.13. The van der Waals surface area contributed by atoms with Crippen LogP contribution in [-0.4, -0.2) is 19.1 Å². The van der Waals surface area contributed by atoms with Crippen molar-refractivity contribution in [1.82, 2.24) is 19.1 Å². The highest BCUT2D eigenvalue weighted by atomic mass is 35.5. The molecule has 0 fully saturated rings. The van der Waals surface area contributed by atoms with Gasteiger partial charge in [0.2, 0.25) is 0 Å². The van der Waals surface area contributed by atoms with Crippen LogP contribution in [-0.2, 0) is 14.1 Å². The summed E-state index contributed by atoms with van der Waals surface area (Å²) in [4.78, 5) is 32.6. The molecular formula is C14H10Cl2N4O2. The maximum atomic E-state index is 12.2. The van der Waals surface area contributed by atoms with Gasteiger partial charge in [0.15, 0.2) is 11.2 Å². The molecular weight excluding hydrogens is 327 g/mol. The van der Waals surface area contributed by atoms with Crippen LogP contribution in [0.1, 0.15) is 0 Å². The Bertz CT molecular complexity index is 1020. The molecule has 8 heteroatoms. The zero-order valence-electron chi connectivity index (χ0n) is 11.7. The number of fused-ring (bicyclic) bond motifs is 1. The van der Waals surface area contributed by atoms with E-state index in [-0.39, 0.29) is 11.2 Å². The number of aryl methyl sites for hydroxylation is 1. The fourth-order valence-corrected chi connectivity index (χ4v) is 2.43. The van der Waals surface area contributed by atoms with Gasteiger partial charge in [0.1, 0.15) is 0 Å². The average molecular weight is 337 g/mol. The van der Waals surface area contributed by atoms with E-state index in [1.165, 1.54) is 24.9 Å². The summed E-state index contributed by atoms with van der Waals surface area (Å²) in [5.41, 5.74) is 0.563. The van der Waals surface area contributed by atoms with Crippen LogP contribution < -0.4 is 11.2 Å². The van der Waals surface area contributed by atoms with E-state index in [4.69, 9.17) is 23.2 Å². The molecule has 0 N–H and O–H groups in total. The van der Waals surface area contributed by atoms with Crippen LogP contribution in [0.5, 0.6) is 0 Å². The molecule has 0 amide bonds. The highest BCUT2D eigenvalue weighted by Gasteiger charge is 2.13. The smallest absolute Gasteiger partial charge is 0.279 e. The van der Waals surface area contributed by atoms with E-state index >= 15 is 0 Å². The fraction of sp³-hybridized carbons (Fsp3) is 0.143. The third-order valence-corrected chi connectivity index (χ3v) is 4.11. The van der Waals surface area contributed by atoms with Gasteiger partial charge in [-0.2, -0.15) is 0 Å². The quantitative estimate of drug-likeness (QED) is 0.681. The van der Waals surface area contributed by atoms with Gasteiger partial charge in [-0.25, -0.2) is 14.8 Å². The van der Waals surface area contributed by atoms with Gasteiger partial charge in [-0.15, -0.1) is 0 Å². The minimum absolute atomic E-state index is 0.119. The number of hydrogen-bond donors (Lipinski definition) is 0. The maximum absolute atomic E-state index is 12.2. The molecule has 6 nitrogen and oxygen atoms in total. The van der Waals surface area contributed by atoms with E-state index in [1.54, 1.807) is 18.2 Å². The minimum atomic E-state index is -0.493. The molecule has 1 aromatic carbocycles. The second kappa shape index (κ2) is 5.23. The summed E-state index contributed by atoms with van der Waals surface area (Å²) in [5, 5.41) is 0.812. The van der Waals surface area contributed by atoms with Crippen LogP contribution in [0.4, 0.5) is 0 Å². The summed E-state index contributed by atoms with van der Waals surface area (Å²) in [6.07, 6.45) is 1.49. The zero-order chi connectivity index (χ0) is 16.0. The summed E-state index contributed by atoms with van der Waals surface area (Å²) in [6.45, 7) is 0. The van der Waals surface area contributed by atoms with Crippen molar-refractivity contribution in [3.63, 3.8) is 0 Å². The first kappa shape index (κ1) is 14.7. The molecule has 0 aliphatic heterocycles. The first-order chi connectivity index (χ1) is 10.4. The van der Waals surface area contributed by atoms with Crippen LogP contribution in [0.2, 0.25) is 10.0 Å². The Morgan fingerprint density at radius 2 is 1.77 bits per heavy atom. The highest BCUT2D eigenvalue weighted by molar-refractivity contribution is 6.42. The molecule has 0 saturated heterocycles. The molecule has 22 heavy (non-hydrogen) atoms. The van der Waals surface area contributed by atoms with E-state index < -0.39 is 11.2 Å². The van der Waals surface area contributed by atoms with Crippen LogP contribution in [0, 0.1) is 0 Å². The molecule has 0 aliphatic rings. The third kappa shape index (κ3) is 2.20. The van der Waals surface area contributed by atoms with Gasteiger partial charge < -0.3 is 0 Å². The Morgan fingerprint density at radius 3 is 2.45 bits per heavy atom. The first-order valence-electron chi connectivity index (χ1n) is 6.28. The molecule has 112 valence electrons. The molecule has 2 heterocycles. The lowest BCUT2D eigenvalue weighted by molar-refractivity contribution is 0.704. The highest BCUT2D eigenvalue weighted by Crippen LogP contribution is 2.27. The summed E-state index contributed by atoms with van der Waals surface area (Å²) in [7, 11) is 2.94. The van der Waals surface area contributed by atoms with Crippen molar-refractivity contribution >= 4 is 34.4 Å². The monoisotopic (exact) mass is 336 g/mol. The van der Waals surface area contributed by atoms with Crippen molar-refractivity contribution in [3.8, 4) is 11.3 Å². The van der Waals surface area contributed by atoms with Crippen molar-refractivity contribution < 1.29 is 0 Å². The number of rotatable bonds is 1. The molecule has 0 bridgehead atoms. The molecule has 2 aromatic heterocycles. The molecule has 0 saturated carbocycles. The zero-order valence-corrected chi connectivity index (χ0v) is 13.2. The Labute approximate surface area is 134 Å². The van der Waals surface area contributed by atoms with Crippen LogP contribution in [0.25, 0.3) is 22.4 Å². The van der Waals surface area contributed by atoms with Crippen LogP contribution in [0.15, 0.2) is 34.0 Å². The van der Waals surface area contributed by atoms with E-state index in [2.05, 4.69) is 9.97 Å². The van der Waals surface area contributed by atoms with Crippen molar-refractivity contribution in [1.29, 1.82) is 0 Å². The molecule has 3 aromatic rings. The van der Waals surface area contributed by atoms with E-state index in [1.807, 2.05) is 0 Å². The molecule has 0 atom stereocenters. The second-order valence-corrected chi connectivity index (χ2v) is 5.58. The molecule has 0 radical (unpaired) electrons. The normalized spacial score (nSPS) is 11.1. The summed E-state index contributed by atoms with van der Waals surface area (Å²) in [5.74, 6) is 0. The lowest BCUT2D eigenvalue weighted by atomic mass is 10.1. The van der Waals surface area contributed by atoms with Crippen LogP contribution in [0.3, 0.4) is 0 Å². The van der Waals surface area contributed by atoms with Gasteiger partial charge >= 0.3 is 5.69 Å². The standard InChI is InChI=1S/C14H10Cl2N4O2/c1-19-12-11(13(21)20(2)14(19)22)18-10(6-17-12)7-3-4-8(15)9(16)5-7/h3-6H,1-2H3. The SMILES string of the molecule is Cn1c(=O)c2nc(-c3ccc(Cl)c(Cl)c3)cnc2n(C)c1=O. The van der Waals surface area contributed by atoms with Gasteiger partial charge in [-0.1, -0.05) is 29.3 Å². The third-order valence-electron chi connectivity index (χ3n) is 3.37. The molecule has 3 rings (SSSR count). The summed E-state index contributed by atoms with van der Waals surface area (Å²) < 4.78 is 2.28. The molecule has 0 spiro atoms. The van der Waals surface area contributed by atoms with Gasteiger partial charge in [0.05, 0.1) is 21.9 Å². The van der Waals surface area contributed by atoms with Crippen molar-refractivity contribution in [2.24, 2.45) is 14.1 Å². The topological polar surface area (TPSA) is 69.8 Å². The minimum Gasteiger partial charge on any atom is -0.279 e. The van der Waals surface area contributed by atoms with E-state index in [0.717, 1.165) is 4.57 Å². The molecule has 0 unspecified atom stereocenters. The Hall–Kier alpha value is -2.18. The van der Waals surface area contributed by atoms with E-state index in [9.17, 15) is 9.59 Å². The predicted molar refractivity (Wildman–Crippen MR) is 85.5 cm³/mol. The van der Waals surface area contributed by atoms with Crippen molar-refractivity contribution in [2.45, 2.75) is 0 Å². The van der Waals surface area contributed by atoms with E-state index in [0.29, 0.717) is 21.3 Å². The number of halogens is 2. The Morgan fingerprint density at radius 1 is 1.05 bits per heavy atom. The second-order valence-electron chi connectivity index (χ2n) is 4.76.